The molecule has 1 aliphatic carbocycles. The summed E-state index contributed by atoms with van der Waals surface area (Å²) in [6.07, 6.45) is 3.92. The van der Waals surface area contributed by atoms with Gasteiger partial charge in [-0.25, -0.2) is 9.67 Å². The molecule has 38 heavy (non-hydrogen) atoms. The van der Waals surface area contributed by atoms with Crippen molar-refractivity contribution < 1.29 is 14.6 Å². The topological polar surface area (TPSA) is 118 Å². The second kappa shape index (κ2) is 10.1. The molecule has 2 saturated heterocycles. The average Bonchev–Trinajstić information content (AvgIpc) is 3.72. The highest BCUT2D eigenvalue weighted by molar-refractivity contribution is 5.81. The Kier molecular flexibility index (Phi) is 6.67. The highest BCUT2D eigenvalue weighted by Gasteiger charge is 2.40. The summed E-state index contributed by atoms with van der Waals surface area (Å²) < 4.78 is 8.43. The largest absolute Gasteiger partial charge is 0.384 e. The van der Waals surface area contributed by atoms with Crippen LogP contribution in [0.4, 0.5) is 5.69 Å². The summed E-state index contributed by atoms with van der Waals surface area (Å²) in [4.78, 5) is 34.8. The quantitative estimate of drug-likeness (QED) is 0.478. The molecule has 6 rings (SSSR count). The smallest absolute Gasteiger partial charge is 0.267 e. The van der Waals surface area contributed by atoms with E-state index in [1.165, 1.54) is 10.9 Å². The highest BCUT2D eigenvalue weighted by atomic mass is 16.5. The molecule has 3 aromatic rings. The number of ether oxygens (including phenoxy) is 1. The van der Waals surface area contributed by atoms with Crippen LogP contribution in [0.25, 0.3) is 16.7 Å². The molecule has 2 aliphatic heterocycles. The van der Waals surface area contributed by atoms with E-state index < -0.39 is 5.72 Å². The van der Waals surface area contributed by atoms with Gasteiger partial charge in [0.25, 0.3) is 5.56 Å². The molecule has 2 aromatic heterocycles. The number of rotatable bonds is 7. The summed E-state index contributed by atoms with van der Waals surface area (Å²) in [5.41, 5.74) is 1.09. The molecule has 0 bridgehead atoms. The maximum Gasteiger partial charge on any atom is 0.267 e. The van der Waals surface area contributed by atoms with E-state index in [4.69, 9.17) is 4.74 Å². The van der Waals surface area contributed by atoms with Crippen molar-refractivity contribution in [2.45, 2.75) is 38.3 Å². The van der Waals surface area contributed by atoms with E-state index in [1.807, 2.05) is 29.2 Å². The molecule has 4 heterocycles. The van der Waals surface area contributed by atoms with Crippen molar-refractivity contribution in [3.63, 3.8) is 0 Å². The summed E-state index contributed by atoms with van der Waals surface area (Å²) in [6, 6.07) is 7.90. The number of hydrogen-bond acceptors (Lipinski definition) is 8. The van der Waals surface area contributed by atoms with Gasteiger partial charge in [-0.15, -0.1) is 0 Å². The maximum absolute atomic E-state index is 13.6. The number of amides is 1. The highest BCUT2D eigenvalue weighted by Crippen LogP contribution is 2.34. The number of morpholine rings is 1. The first-order valence-corrected chi connectivity index (χ1v) is 13.6. The third kappa shape index (κ3) is 4.81. The van der Waals surface area contributed by atoms with Crippen molar-refractivity contribution in [1.29, 1.82) is 0 Å². The first-order chi connectivity index (χ1) is 18.4. The minimum absolute atomic E-state index is 0.147. The summed E-state index contributed by atoms with van der Waals surface area (Å²) in [7, 11) is 0. The number of carbonyl (C=O) groups is 1. The molecule has 0 unspecified atom stereocenters. The fraction of sp³-hybridized carbons (Fsp3) is 0.556. The van der Waals surface area contributed by atoms with E-state index in [-0.39, 0.29) is 17.4 Å². The summed E-state index contributed by atoms with van der Waals surface area (Å²) in [5.74, 6) is 0.316. The van der Waals surface area contributed by atoms with Gasteiger partial charge in [-0.05, 0) is 38.0 Å². The maximum atomic E-state index is 13.6. The number of carbonyl (C=O) groups excluding carboxylic acids is 1. The Balaban J connectivity index is 1.21. The van der Waals surface area contributed by atoms with E-state index in [0.717, 1.165) is 63.6 Å². The lowest BCUT2D eigenvalue weighted by atomic mass is 9.99. The predicted molar refractivity (Wildman–Crippen MR) is 142 cm³/mol. The van der Waals surface area contributed by atoms with Gasteiger partial charge >= 0.3 is 0 Å². The first kappa shape index (κ1) is 25.0. The summed E-state index contributed by atoms with van der Waals surface area (Å²) in [6.45, 7) is 7.88. The molecule has 1 aromatic carbocycles. The number of aromatic nitrogens is 4. The predicted octanol–water partition coefficient (Wildman–Crippen LogP) is 1.31. The third-order valence-corrected chi connectivity index (χ3v) is 7.97. The number of anilines is 1. The number of piperidine rings is 1. The normalized spacial score (nSPS) is 20.1. The summed E-state index contributed by atoms with van der Waals surface area (Å²) in [5, 5.41) is 19.9. The van der Waals surface area contributed by atoms with Gasteiger partial charge in [0.15, 0.2) is 5.65 Å². The Morgan fingerprint density at radius 1 is 1.18 bits per heavy atom. The number of aliphatic hydroxyl groups is 1. The van der Waals surface area contributed by atoms with Crippen molar-refractivity contribution in [3.05, 3.63) is 46.6 Å². The van der Waals surface area contributed by atoms with Crippen LogP contribution < -0.4 is 10.9 Å². The second-order valence-electron chi connectivity index (χ2n) is 10.6. The molecule has 3 fully saturated rings. The number of fused-ring (bicyclic) bond motifs is 1. The molecule has 0 atom stereocenters. The van der Waals surface area contributed by atoms with Crippen LogP contribution in [0.3, 0.4) is 0 Å². The minimum atomic E-state index is -1.38. The van der Waals surface area contributed by atoms with Crippen LogP contribution in [0.5, 0.6) is 0 Å². The van der Waals surface area contributed by atoms with E-state index in [2.05, 4.69) is 20.3 Å². The van der Waals surface area contributed by atoms with Crippen LogP contribution in [0.2, 0.25) is 0 Å². The van der Waals surface area contributed by atoms with Gasteiger partial charge in [-0.1, -0.05) is 6.07 Å². The number of benzene rings is 1. The van der Waals surface area contributed by atoms with Crippen molar-refractivity contribution in [2.75, 3.05) is 57.8 Å². The van der Waals surface area contributed by atoms with Crippen LogP contribution in [-0.4, -0.2) is 92.6 Å². The molecule has 1 saturated carbocycles. The van der Waals surface area contributed by atoms with E-state index >= 15 is 0 Å². The second-order valence-corrected chi connectivity index (χ2v) is 10.6. The zero-order valence-corrected chi connectivity index (χ0v) is 21.8. The third-order valence-electron chi connectivity index (χ3n) is 7.97. The fourth-order valence-corrected chi connectivity index (χ4v) is 5.49. The molecule has 202 valence electrons. The van der Waals surface area contributed by atoms with Gasteiger partial charge in [0.2, 0.25) is 5.91 Å². The fourth-order valence-electron chi connectivity index (χ4n) is 5.49. The van der Waals surface area contributed by atoms with Crippen LogP contribution >= 0.6 is 0 Å². The molecule has 3 aliphatic rings. The van der Waals surface area contributed by atoms with Gasteiger partial charge in [0.05, 0.1) is 24.6 Å². The van der Waals surface area contributed by atoms with Crippen LogP contribution in [-0.2, 0) is 15.3 Å². The van der Waals surface area contributed by atoms with Crippen LogP contribution in [0.1, 0.15) is 31.4 Å². The average molecular weight is 522 g/mol. The van der Waals surface area contributed by atoms with Crippen molar-refractivity contribution in [1.82, 2.24) is 29.1 Å². The standard InChI is InChI=1S/C27H35N7O4/c1-19-23-24(29-18-33(26(23)36)27(37)7-10-32(11-8-27)25(35)20-5-6-20)34(30-19)22-4-2-3-21(17-22)28-9-12-31-13-15-38-16-14-31/h2-4,17-18,20,28,37H,5-16H2,1H3. The Morgan fingerprint density at radius 2 is 1.95 bits per heavy atom. The first-order valence-electron chi connectivity index (χ1n) is 13.6. The molecule has 0 spiro atoms. The number of likely N-dealkylation sites (tertiary alicyclic amines) is 1. The zero-order chi connectivity index (χ0) is 26.3. The Bertz CT molecular complexity index is 1380. The zero-order valence-electron chi connectivity index (χ0n) is 21.8. The lowest BCUT2D eigenvalue weighted by Crippen LogP contribution is -2.51. The van der Waals surface area contributed by atoms with Crippen molar-refractivity contribution in [2.24, 2.45) is 5.92 Å². The van der Waals surface area contributed by atoms with Gasteiger partial charge in [0, 0.05) is 63.7 Å². The van der Waals surface area contributed by atoms with Gasteiger partial charge in [-0.2, -0.15) is 5.10 Å². The number of hydrogen-bond donors (Lipinski definition) is 2. The van der Waals surface area contributed by atoms with E-state index in [1.54, 1.807) is 11.6 Å². The molecule has 11 nitrogen and oxygen atoms in total. The number of nitrogens with one attached hydrogen (secondary N) is 1. The molecule has 2 N–H and O–H groups in total. The monoisotopic (exact) mass is 521 g/mol. The number of nitrogens with zero attached hydrogens (tertiary/aromatic N) is 6. The lowest BCUT2D eigenvalue weighted by molar-refractivity contribution is -0.141. The Labute approximate surface area is 221 Å². The van der Waals surface area contributed by atoms with Crippen molar-refractivity contribution >= 4 is 22.6 Å². The summed E-state index contributed by atoms with van der Waals surface area (Å²) >= 11 is 0. The Morgan fingerprint density at radius 3 is 2.68 bits per heavy atom. The van der Waals surface area contributed by atoms with Gasteiger partial charge in [-0.3, -0.25) is 19.1 Å². The lowest BCUT2D eigenvalue weighted by Gasteiger charge is -2.39. The minimum Gasteiger partial charge on any atom is -0.384 e. The van der Waals surface area contributed by atoms with Crippen LogP contribution in [0, 0.1) is 12.8 Å². The molecule has 0 radical (unpaired) electrons. The van der Waals surface area contributed by atoms with E-state index in [0.29, 0.717) is 42.7 Å². The SMILES string of the molecule is Cc1nn(-c2cccc(NCCN3CCOCC3)c2)c2ncn(C3(O)CCN(C(=O)C4CC4)CC3)c(=O)c12. The molecular weight excluding hydrogens is 486 g/mol. The van der Waals surface area contributed by atoms with Crippen molar-refractivity contribution in [3.8, 4) is 5.69 Å². The molecule has 1 amide bonds. The molecular formula is C27H35N7O4. The van der Waals surface area contributed by atoms with Gasteiger partial charge < -0.3 is 20.1 Å². The van der Waals surface area contributed by atoms with E-state index in [9.17, 15) is 14.7 Å². The Hall–Kier alpha value is -3.28. The number of aryl methyl sites for hydroxylation is 1. The van der Waals surface area contributed by atoms with Crippen LogP contribution in [0.15, 0.2) is 35.4 Å². The van der Waals surface area contributed by atoms with Gasteiger partial charge in [0.1, 0.15) is 17.4 Å². The molecule has 11 heteroatoms.